The second kappa shape index (κ2) is 3.41. The van der Waals surface area contributed by atoms with Crippen LogP contribution in [0.1, 0.15) is 16.1 Å². The molecule has 2 heterocycles. The molecule has 0 saturated heterocycles. The minimum absolute atomic E-state index is 0.605. The first kappa shape index (κ1) is 8.62. The Morgan fingerprint density at radius 3 is 2.93 bits per heavy atom. The summed E-state index contributed by atoms with van der Waals surface area (Å²) in [6.45, 7) is 1.80. The van der Waals surface area contributed by atoms with Crippen LogP contribution in [0.15, 0.2) is 30.7 Å². The fourth-order valence-electron chi connectivity index (χ4n) is 1.21. The van der Waals surface area contributed by atoms with Crippen LogP contribution in [-0.4, -0.2) is 21.1 Å². The quantitative estimate of drug-likeness (QED) is 0.667. The number of pyridine rings is 1. The molecule has 2 aromatic heterocycles. The van der Waals surface area contributed by atoms with Crippen molar-refractivity contribution in [2.75, 3.05) is 0 Å². The van der Waals surface area contributed by atoms with Crippen LogP contribution in [0.4, 0.5) is 0 Å². The summed E-state index contributed by atoms with van der Waals surface area (Å²) in [6.07, 6.45) is 5.88. The highest BCUT2D eigenvalue weighted by Crippen LogP contribution is 2.08. The molecule has 0 amide bonds. The Labute approximate surface area is 81.2 Å². The van der Waals surface area contributed by atoms with Crippen molar-refractivity contribution in [3.63, 3.8) is 0 Å². The van der Waals surface area contributed by atoms with E-state index in [9.17, 15) is 4.79 Å². The summed E-state index contributed by atoms with van der Waals surface area (Å²) in [5, 5.41) is 4.20. The number of carbonyl (C=O) groups is 1. The van der Waals surface area contributed by atoms with Crippen molar-refractivity contribution in [2.45, 2.75) is 6.92 Å². The maximum atomic E-state index is 10.6. The van der Waals surface area contributed by atoms with Gasteiger partial charge in [-0.1, -0.05) is 0 Å². The van der Waals surface area contributed by atoms with Gasteiger partial charge >= 0.3 is 0 Å². The van der Waals surface area contributed by atoms with Gasteiger partial charge in [-0.25, -0.2) is 4.68 Å². The topological polar surface area (TPSA) is 47.8 Å². The van der Waals surface area contributed by atoms with Crippen LogP contribution in [0.25, 0.3) is 5.69 Å². The number of hydrogen-bond donors (Lipinski definition) is 0. The normalized spacial score (nSPS) is 10.1. The molecule has 0 aromatic carbocycles. The van der Waals surface area contributed by atoms with Crippen LogP contribution in [0.2, 0.25) is 0 Å². The van der Waals surface area contributed by atoms with Crippen molar-refractivity contribution in [1.29, 1.82) is 0 Å². The van der Waals surface area contributed by atoms with Crippen molar-refractivity contribution in [3.05, 3.63) is 42.0 Å². The number of carbonyl (C=O) groups excluding carboxylic acids is 1. The third-order valence-corrected chi connectivity index (χ3v) is 1.97. The molecule has 0 aliphatic heterocycles. The molecule has 0 bridgehead atoms. The fraction of sp³-hybridized carbons (Fsp3) is 0.100. The smallest absolute Gasteiger partial charge is 0.153 e. The van der Waals surface area contributed by atoms with Gasteiger partial charge in [-0.3, -0.25) is 9.78 Å². The lowest BCUT2D eigenvalue weighted by molar-refractivity contribution is 0.112. The van der Waals surface area contributed by atoms with E-state index in [1.807, 2.05) is 12.1 Å². The molecule has 0 fully saturated rings. The molecule has 0 atom stereocenters. The molecule has 0 aliphatic rings. The second-order valence-corrected chi connectivity index (χ2v) is 2.94. The lowest BCUT2D eigenvalue weighted by Gasteiger charge is -1.97. The van der Waals surface area contributed by atoms with E-state index in [0.717, 1.165) is 17.7 Å². The minimum atomic E-state index is 0.605. The molecule has 14 heavy (non-hydrogen) atoms. The lowest BCUT2D eigenvalue weighted by atomic mass is 10.3. The molecule has 0 aliphatic carbocycles. The molecule has 0 unspecified atom stereocenters. The molecule has 0 saturated carbocycles. The summed E-state index contributed by atoms with van der Waals surface area (Å²) in [4.78, 5) is 14.6. The standard InChI is InChI=1S/C10H9N3O/c1-8-9(7-14)6-13(12-8)10-3-2-4-11-5-10/h2-7H,1H3. The highest BCUT2D eigenvalue weighted by atomic mass is 16.1. The van der Waals surface area contributed by atoms with E-state index in [4.69, 9.17) is 0 Å². The Morgan fingerprint density at radius 2 is 2.36 bits per heavy atom. The Bertz CT molecular complexity index is 448. The third-order valence-electron chi connectivity index (χ3n) is 1.97. The summed E-state index contributed by atoms with van der Waals surface area (Å²) in [5.41, 5.74) is 2.18. The minimum Gasteiger partial charge on any atom is -0.298 e. The van der Waals surface area contributed by atoms with Crippen LogP contribution < -0.4 is 0 Å². The summed E-state index contributed by atoms with van der Waals surface area (Å²) >= 11 is 0. The largest absolute Gasteiger partial charge is 0.298 e. The molecule has 4 nitrogen and oxygen atoms in total. The van der Waals surface area contributed by atoms with Crippen LogP contribution in [0.3, 0.4) is 0 Å². The monoisotopic (exact) mass is 187 g/mol. The number of nitrogens with zero attached hydrogens (tertiary/aromatic N) is 3. The van der Waals surface area contributed by atoms with Crippen molar-refractivity contribution >= 4 is 6.29 Å². The number of aldehydes is 1. The van der Waals surface area contributed by atoms with E-state index >= 15 is 0 Å². The Hall–Kier alpha value is -1.97. The molecule has 0 N–H and O–H groups in total. The van der Waals surface area contributed by atoms with Crippen molar-refractivity contribution < 1.29 is 4.79 Å². The van der Waals surface area contributed by atoms with Gasteiger partial charge in [-0.2, -0.15) is 5.10 Å². The summed E-state index contributed by atoms with van der Waals surface area (Å²) in [5.74, 6) is 0. The van der Waals surface area contributed by atoms with Gasteiger partial charge in [-0.15, -0.1) is 0 Å². The molecule has 0 spiro atoms. The summed E-state index contributed by atoms with van der Waals surface area (Å²) in [6, 6.07) is 3.71. The Morgan fingerprint density at radius 1 is 1.50 bits per heavy atom. The summed E-state index contributed by atoms with van der Waals surface area (Å²) < 4.78 is 1.64. The number of rotatable bonds is 2. The molecular formula is C10H9N3O. The SMILES string of the molecule is Cc1nn(-c2cccnc2)cc1C=O. The van der Waals surface area contributed by atoms with Crippen LogP contribution in [-0.2, 0) is 0 Å². The van der Waals surface area contributed by atoms with Gasteiger partial charge in [0.15, 0.2) is 6.29 Å². The molecule has 0 radical (unpaired) electrons. The lowest BCUT2D eigenvalue weighted by Crippen LogP contribution is -1.94. The first-order valence-corrected chi connectivity index (χ1v) is 4.23. The van der Waals surface area contributed by atoms with Gasteiger partial charge in [0.25, 0.3) is 0 Å². The van der Waals surface area contributed by atoms with E-state index in [2.05, 4.69) is 10.1 Å². The second-order valence-electron chi connectivity index (χ2n) is 2.94. The highest BCUT2D eigenvalue weighted by Gasteiger charge is 2.04. The molecule has 4 heteroatoms. The van der Waals surface area contributed by atoms with Gasteiger partial charge in [0, 0.05) is 12.4 Å². The average Bonchev–Trinajstić information content (AvgIpc) is 2.61. The van der Waals surface area contributed by atoms with Gasteiger partial charge < -0.3 is 0 Å². The van der Waals surface area contributed by atoms with Crippen molar-refractivity contribution in [3.8, 4) is 5.69 Å². The molecule has 70 valence electrons. The van der Waals surface area contributed by atoms with Crippen molar-refractivity contribution in [1.82, 2.24) is 14.8 Å². The predicted molar refractivity (Wildman–Crippen MR) is 51.5 cm³/mol. The summed E-state index contributed by atoms with van der Waals surface area (Å²) in [7, 11) is 0. The fourth-order valence-corrected chi connectivity index (χ4v) is 1.21. The Kier molecular flexibility index (Phi) is 2.10. The van der Waals surface area contributed by atoms with Gasteiger partial charge in [-0.05, 0) is 19.1 Å². The molecule has 2 aromatic rings. The third kappa shape index (κ3) is 1.42. The zero-order chi connectivity index (χ0) is 9.97. The molecule has 2 rings (SSSR count). The maximum absolute atomic E-state index is 10.6. The van der Waals surface area contributed by atoms with E-state index in [1.54, 1.807) is 30.2 Å². The average molecular weight is 187 g/mol. The predicted octanol–water partition coefficient (Wildman–Crippen LogP) is 1.39. The Balaban J connectivity index is 2.48. The number of aromatic nitrogens is 3. The highest BCUT2D eigenvalue weighted by molar-refractivity contribution is 5.76. The number of hydrogen-bond acceptors (Lipinski definition) is 3. The van der Waals surface area contributed by atoms with E-state index < -0.39 is 0 Å². The van der Waals surface area contributed by atoms with Gasteiger partial charge in [0.2, 0.25) is 0 Å². The zero-order valence-electron chi connectivity index (χ0n) is 7.71. The van der Waals surface area contributed by atoms with Gasteiger partial charge in [0.1, 0.15) is 0 Å². The maximum Gasteiger partial charge on any atom is 0.153 e. The zero-order valence-corrected chi connectivity index (χ0v) is 7.71. The van der Waals surface area contributed by atoms with E-state index in [0.29, 0.717) is 5.56 Å². The molecular weight excluding hydrogens is 178 g/mol. The first-order valence-electron chi connectivity index (χ1n) is 4.23. The van der Waals surface area contributed by atoms with E-state index in [-0.39, 0.29) is 0 Å². The van der Waals surface area contributed by atoms with Gasteiger partial charge in [0.05, 0.1) is 23.1 Å². The van der Waals surface area contributed by atoms with Crippen molar-refractivity contribution in [2.24, 2.45) is 0 Å². The van der Waals surface area contributed by atoms with Crippen LogP contribution in [0.5, 0.6) is 0 Å². The van der Waals surface area contributed by atoms with Crippen LogP contribution in [0, 0.1) is 6.92 Å². The van der Waals surface area contributed by atoms with Crippen LogP contribution >= 0.6 is 0 Å². The first-order chi connectivity index (χ1) is 6.81. The van der Waals surface area contributed by atoms with E-state index in [1.165, 1.54) is 0 Å². The number of aryl methyl sites for hydroxylation is 1.